The molecule has 100 valence electrons. The molecular weight excluding hydrogens is 415 g/mol. The maximum atomic E-state index is 5.96. The van der Waals surface area contributed by atoms with Gasteiger partial charge >= 0.3 is 0 Å². The summed E-state index contributed by atoms with van der Waals surface area (Å²) in [5.74, 6) is 0.802. The van der Waals surface area contributed by atoms with Gasteiger partial charge in [0, 0.05) is 5.33 Å². The van der Waals surface area contributed by atoms with Crippen LogP contribution in [-0.2, 0) is 11.9 Å². The van der Waals surface area contributed by atoms with Crippen molar-refractivity contribution in [3.8, 4) is 5.75 Å². The minimum Gasteiger partial charge on any atom is -0.488 e. The molecule has 19 heavy (non-hydrogen) atoms. The van der Waals surface area contributed by atoms with Crippen LogP contribution in [-0.4, -0.2) is 0 Å². The highest BCUT2D eigenvalue weighted by molar-refractivity contribution is 9.10. The molecular formula is C14H10Br2Cl2O. The van der Waals surface area contributed by atoms with E-state index < -0.39 is 0 Å². The van der Waals surface area contributed by atoms with Crippen molar-refractivity contribution < 1.29 is 4.74 Å². The minimum absolute atomic E-state index is 0.448. The van der Waals surface area contributed by atoms with Gasteiger partial charge in [0.15, 0.2) is 0 Å². The standard InChI is InChI=1S/C14H10Br2Cl2O/c15-7-9-2-4-14(11(16)5-9)19-8-10-1-3-12(17)13(18)6-10/h1-6H,7-8H2. The Labute approximate surface area is 139 Å². The zero-order valence-corrected chi connectivity index (χ0v) is 14.5. The van der Waals surface area contributed by atoms with E-state index in [0.717, 1.165) is 21.1 Å². The Kier molecular flexibility index (Phi) is 5.58. The van der Waals surface area contributed by atoms with Crippen molar-refractivity contribution in [2.45, 2.75) is 11.9 Å². The smallest absolute Gasteiger partial charge is 0.134 e. The van der Waals surface area contributed by atoms with E-state index in [1.54, 1.807) is 6.07 Å². The number of ether oxygens (including phenoxy) is 1. The van der Waals surface area contributed by atoms with Crippen LogP contribution in [0.2, 0.25) is 10.0 Å². The molecule has 0 aliphatic carbocycles. The molecule has 2 rings (SSSR count). The van der Waals surface area contributed by atoms with E-state index in [0.29, 0.717) is 16.7 Å². The Balaban J connectivity index is 2.07. The molecule has 5 heteroatoms. The molecule has 0 saturated carbocycles. The molecule has 0 saturated heterocycles. The second-order valence-electron chi connectivity index (χ2n) is 3.94. The number of alkyl halides is 1. The van der Waals surface area contributed by atoms with Crippen LogP contribution < -0.4 is 4.74 Å². The van der Waals surface area contributed by atoms with Crippen LogP contribution in [0.1, 0.15) is 11.1 Å². The fourth-order valence-electron chi connectivity index (χ4n) is 1.54. The summed E-state index contributed by atoms with van der Waals surface area (Å²) >= 11 is 18.7. The highest BCUT2D eigenvalue weighted by Crippen LogP contribution is 2.28. The highest BCUT2D eigenvalue weighted by Gasteiger charge is 2.04. The van der Waals surface area contributed by atoms with E-state index in [9.17, 15) is 0 Å². The number of benzene rings is 2. The molecule has 2 aromatic carbocycles. The Morgan fingerprint density at radius 2 is 1.68 bits per heavy atom. The van der Waals surface area contributed by atoms with Crippen LogP contribution in [0.25, 0.3) is 0 Å². The van der Waals surface area contributed by atoms with Gasteiger partial charge in [0.1, 0.15) is 12.4 Å². The summed E-state index contributed by atoms with van der Waals surface area (Å²) in [6.07, 6.45) is 0. The van der Waals surface area contributed by atoms with Gasteiger partial charge in [-0.25, -0.2) is 0 Å². The highest BCUT2D eigenvalue weighted by atomic mass is 79.9. The lowest BCUT2D eigenvalue weighted by Gasteiger charge is -2.10. The van der Waals surface area contributed by atoms with Gasteiger partial charge in [-0.15, -0.1) is 0 Å². The first-order valence-electron chi connectivity index (χ1n) is 5.51. The number of hydrogen-bond donors (Lipinski definition) is 0. The van der Waals surface area contributed by atoms with Crippen molar-refractivity contribution in [3.05, 3.63) is 62.0 Å². The molecule has 0 fully saturated rings. The molecule has 0 atom stereocenters. The van der Waals surface area contributed by atoms with E-state index in [1.807, 2.05) is 30.3 Å². The van der Waals surface area contributed by atoms with Crippen LogP contribution in [0.4, 0.5) is 0 Å². The summed E-state index contributed by atoms with van der Waals surface area (Å²) < 4.78 is 6.69. The lowest BCUT2D eigenvalue weighted by Crippen LogP contribution is -1.96. The Morgan fingerprint density at radius 1 is 0.947 bits per heavy atom. The zero-order valence-electron chi connectivity index (χ0n) is 9.80. The van der Waals surface area contributed by atoms with Gasteiger partial charge in [-0.1, -0.05) is 51.3 Å². The van der Waals surface area contributed by atoms with Crippen molar-refractivity contribution in [3.63, 3.8) is 0 Å². The van der Waals surface area contributed by atoms with Crippen LogP contribution in [0.5, 0.6) is 5.75 Å². The zero-order chi connectivity index (χ0) is 13.8. The number of halogens is 4. The molecule has 0 aliphatic heterocycles. The van der Waals surface area contributed by atoms with E-state index >= 15 is 0 Å². The maximum Gasteiger partial charge on any atom is 0.134 e. The van der Waals surface area contributed by atoms with E-state index in [4.69, 9.17) is 27.9 Å². The average Bonchev–Trinajstić information content (AvgIpc) is 2.41. The minimum atomic E-state index is 0.448. The van der Waals surface area contributed by atoms with Crippen molar-refractivity contribution in [2.75, 3.05) is 0 Å². The van der Waals surface area contributed by atoms with Gasteiger partial charge in [-0.3, -0.25) is 0 Å². The normalized spacial score (nSPS) is 10.5. The molecule has 0 heterocycles. The molecule has 1 nitrogen and oxygen atoms in total. The lowest BCUT2D eigenvalue weighted by atomic mass is 10.2. The molecule has 0 unspecified atom stereocenters. The fraction of sp³-hybridized carbons (Fsp3) is 0.143. The third-order valence-corrected chi connectivity index (χ3v) is 4.54. The molecule has 0 aromatic heterocycles. The molecule has 0 N–H and O–H groups in total. The van der Waals surface area contributed by atoms with E-state index in [2.05, 4.69) is 31.9 Å². The van der Waals surface area contributed by atoms with Gasteiger partial charge in [0.2, 0.25) is 0 Å². The maximum absolute atomic E-state index is 5.96. The predicted octanol–water partition coefficient (Wildman–Crippen LogP) is 6.23. The quantitative estimate of drug-likeness (QED) is 0.528. The van der Waals surface area contributed by atoms with Crippen LogP contribution >= 0.6 is 55.1 Å². The summed E-state index contributed by atoms with van der Waals surface area (Å²) in [5, 5.41) is 1.91. The van der Waals surface area contributed by atoms with Crippen LogP contribution in [0.3, 0.4) is 0 Å². The van der Waals surface area contributed by atoms with Crippen molar-refractivity contribution >= 4 is 55.1 Å². The third-order valence-electron chi connectivity index (χ3n) is 2.53. The van der Waals surface area contributed by atoms with Gasteiger partial charge in [-0.05, 0) is 51.3 Å². The van der Waals surface area contributed by atoms with E-state index in [1.165, 1.54) is 5.56 Å². The summed E-state index contributed by atoms with van der Waals surface area (Å²) in [6.45, 7) is 0.448. The predicted molar refractivity (Wildman–Crippen MR) is 87.6 cm³/mol. The van der Waals surface area contributed by atoms with Gasteiger partial charge in [0.05, 0.1) is 14.5 Å². The summed E-state index contributed by atoms with van der Waals surface area (Å²) in [7, 11) is 0. The molecule has 0 spiro atoms. The largest absolute Gasteiger partial charge is 0.488 e. The first-order valence-corrected chi connectivity index (χ1v) is 8.18. The molecule has 0 amide bonds. The average molecular weight is 425 g/mol. The van der Waals surface area contributed by atoms with Gasteiger partial charge in [-0.2, -0.15) is 0 Å². The molecule has 0 radical (unpaired) electrons. The lowest BCUT2D eigenvalue weighted by molar-refractivity contribution is 0.304. The second kappa shape index (κ2) is 6.98. The van der Waals surface area contributed by atoms with Crippen LogP contribution in [0, 0.1) is 0 Å². The van der Waals surface area contributed by atoms with Gasteiger partial charge < -0.3 is 4.74 Å². The van der Waals surface area contributed by atoms with E-state index in [-0.39, 0.29) is 0 Å². The summed E-state index contributed by atoms with van der Waals surface area (Å²) in [6, 6.07) is 11.5. The first kappa shape index (κ1) is 15.2. The Hall–Kier alpha value is -0.220. The Bertz CT molecular complexity index is 588. The van der Waals surface area contributed by atoms with Crippen molar-refractivity contribution in [2.24, 2.45) is 0 Å². The monoisotopic (exact) mass is 422 g/mol. The fourth-order valence-corrected chi connectivity index (χ4v) is 2.75. The first-order chi connectivity index (χ1) is 9.10. The van der Waals surface area contributed by atoms with Crippen LogP contribution in [0.15, 0.2) is 40.9 Å². The summed E-state index contributed by atoms with van der Waals surface area (Å²) in [4.78, 5) is 0. The topological polar surface area (TPSA) is 9.23 Å². The van der Waals surface area contributed by atoms with Crippen molar-refractivity contribution in [1.82, 2.24) is 0 Å². The Morgan fingerprint density at radius 3 is 2.32 bits per heavy atom. The molecule has 0 aliphatic rings. The third kappa shape index (κ3) is 4.12. The van der Waals surface area contributed by atoms with Crippen molar-refractivity contribution in [1.29, 1.82) is 0 Å². The molecule has 2 aromatic rings. The van der Waals surface area contributed by atoms with Gasteiger partial charge in [0.25, 0.3) is 0 Å². The number of rotatable bonds is 4. The number of hydrogen-bond acceptors (Lipinski definition) is 1. The SMILES string of the molecule is Clc1ccc(COc2ccc(CBr)cc2Br)cc1Cl. The summed E-state index contributed by atoms with van der Waals surface area (Å²) in [5.41, 5.74) is 2.17. The molecule has 0 bridgehead atoms. The second-order valence-corrected chi connectivity index (χ2v) is 6.17.